The molecule has 2 heteroatoms. The zero-order chi connectivity index (χ0) is 15.5. The normalized spacial score (nSPS) is 23.2. The van der Waals surface area contributed by atoms with E-state index < -0.39 is 0 Å². The van der Waals surface area contributed by atoms with Gasteiger partial charge in [-0.05, 0) is 36.8 Å². The van der Waals surface area contributed by atoms with E-state index in [2.05, 4.69) is 24.3 Å². The summed E-state index contributed by atoms with van der Waals surface area (Å²) in [6.45, 7) is 0. The van der Waals surface area contributed by atoms with Crippen molar-refractivity contribution in [3.05, 3.63) is 35.4 Å². The van der Waals surface area contributed by atoms with E-state index in [0.29, 0.717) is 0 Å². The quantitative estimate of drug-likeness (QED) is 0.758. The Bertz CT molecular complexity index is 550. The van der Waals surface area contributed by atoms with E-state index in [1.54, 1.807) is 0 Å². The maximum absolute atomic E-state index is 9.94. The zero-order valence-electron chi connectivity index (χ0n) is 13.3. The maximum Gasteiger partial charge on any atom is 0.0825 e. The Labute approximate surface area is 133 Å². The average Bonchev–Trinajstić information content (AvgIpc) is 2.63. The van der Waals surface area contributed by atoms with E-state index in [1.165, 1.54) is 12.8 Å². The first-order valence-electron chi connectivity index (χ1n) is 8.69. The molecule has 1 aromatic rings. The van der Waals surface area contributed by atoms with E-state index in [1.807, 2.05) is 12.1 Å². The molecule has 0 saturated heterocycles. The van der Waals surface area contributed by atoms with Crippen LogP contribution in [0.25, 0.3) is 0 Å². The zero-order valence-corrected chi connectivity index (χ0v) is 13.3. The third-order valence-corrected chi connectivity index (χ3v) is 5.80. The third-order valence-electron chi connectivity index (χ3n) is 5.80. The Morgan fingerprint density at radius 2 is 1.00 bits per heavy atom. The van der Waals surface area contributed by atoms with Crippen molar-refractivity contribution in [3.8, 4) is 12.1 Å². The minimum absolute atomic E-state index is 0.365. The van der Waals surface area contributed by atoms with Crippen LogP contribution in [-0.4, -0.2) is 0 Å². The molecule has 114 valence electrons. The Morgan fingerprint density at radius 3 is 1.32 bits per heavy atom. The van der Waals surface area contributed by atoms with E-state index >= 15 is 0 Å². The standard InChI is InChI=1S/C20H24N2/c21-15-19(11-5-1-6-12-19)17-9-3-4-10-18(17)20(16-22)13-7-2-8-14-20/h3-4,9-10H,1-2,5-8,11-14H2. The minimum atomic E-state index is -0.365. The maximum atomic E-state index is 9.94. The van der Waals surface area contributed by atoms with Gasteiger partial charge in [-0.15, -0.1) is 0 Å². The van der Waals surface area contributed by atoms with Gasteiger partial charge in [-0.2, -0.15) is 10.5 Å². The first-order valence-corrected chi connectivity index (χ1v) is 8.69. The molecule has 0 N–H and O–H groups in total. The summed E-state index contributed by atoms with van der Waals surface area (Å²) >= 11 is 0. The molecule has 0 aromatic heterocycles. The fraction of sp³-hybridized carbons (Fsp3) is 0.600. The highest BCUT2D eigenvalue weighted by molar-refractivity contribution is 5.47. The molecule has 2 saturated carbocycles. The predicted molar refractivity (Wildman–Crippen MR) is 87.2 cm³/mol. The van der Waals surface area contributed by atoms with Crippen LogP contribution in [0.3, 0.4) is 0 Å². The SMILES string of the molecule is N#CC1(c2ccccc2C2(C#N)CCCCC2)CCCCC1. The van der Waals surface area contributed by atoms with Crippen LogP contribution in [-0.2, 0) is 10.8 Å². The molecule has 2 aliphatic carbocycles. The summed E-state index contributed by atoms with van der Waals surface area (Å²) in [6, 6.07) is 13.6. The second kappa shape index (κ2) is 6.13. The molecular weight excluding hydrogens is 268 g/mol. The van der Waals surface area contributed by atoms with E-state index in [-0.39, 0.29) is 10.8 Å². The monoisotopic (exact) mass is 292 g/mol. The summed E-state index contributed by atoms with van der Waals surface area (Å²) in [5.41, 5.74) is 1.58. The first-order chi connectivity index (χ1) is 10.8. The topological polar surface area (TPSA) is 47.6 Å². The highest BCUT2D eigenvalue weighted by atomic mass is 14.5. The molecule has 0 bridgehead atoms. The van der Waals surface area contributed by atoms with Crippen LogP contribution >= 0.6 is 0 Å². The number of nitriles is 2. The van der Waals surface area contributed by atoms with Crippen LogP contribution in [0.1, 0.15) is 75.3 Å². The fourth-order valence-corrected chi connectivity index (χ4v) is 4.51. The summed E-state index contributed by atoms with van der Waals surface area (Å²) < 4.78 is 0. The van der Waals surface area contributed by atoms with Crippen LogP contribution in [0, 0.1) is 22.7 Å². The largest absolute Gasteiger partial charge is 0.197 e. The number of rotatable bonds is 2. The molecule has 2 aliphatic rings. The van der Waals surface area contributed by atoms with Crippen molar-refractivity contribution < 1.29 is 0 Å². The van der Waals surface area contributed by atoms with Crippen molar-refractivity contribution in [2.45, 2.75) is 75.0 Å². The van der Waals surface area contributed by atoms with Crippen molar-refractivity contribution in [2.24, 2.45) is 0 Å². The second-order valence-electron chi connectivity index (χ2n) is 7.05. The molecule has 3 rings (SSSR count). The highest BCUT2D eigenvalue weighted by Gasteiger charge is 2.42. The van der Waals surface area contributed by atoms with E-state index in [0.717, 1.165) is 62.5 Å². The highest BCUT2D eigenvalue weighted by Crippen LogP contribution is 2.47. The molecule has 0 atom stereocenters. The number of nitrogens with zero attached hydrogens (tertiary/aromatic N) is 2. The van der Waals surface area contributed by atoms with Gasteiger partial charge in [-0.1, -0.05) is 62.8 Å². The van der Waals surface area contributed by atoms with Gasteiger partial charge in [0, 0.05) is 0 Å². The van der Waals surface area contributed by atoms with Crippen molar-refractivity contribution in [1.29, 1.82) is 10.5 Å². The molecule has 0 unspecified atom stereocenters. The van der Waals surface area contributed by atoms with Crippen LogP contribution in [0.5, 0.6) is 0 Å². The summed E-state index contributed by atoms with van der Waals surface area (Å²) in [4.78, 5) is 0. The Kier molecular flexibility index (Phi) is 4.21. The molecule has 0 spiro atoms. The van der Waals surface area contributed by atoms with Gasteiger partial charge in [-0.3, -0.25) is 0 Å². The van der Waals surface area contributed by atoms with Crippen LogP contribution in [0.15, 0.2) is 24.3 Å². The van der Waals surface area contributed by atoms with Gasteiger partial charge >= 0.3 is 0 Å². The van der Waals surface area contributed by atoms with Gasteiger partial charge in [0.05, 0.1) is 23.0 Å². The van der Waals surface area contributed by atoms with Crippen LogP contribution < -0.4 is 0 Å². The summed E-state index contributed by atoms with van der Waals surface area (Å²) in [5, 5.41) is 19.9. The lowest BCUT2D eigenvalue weighted by atomic mass is 9.62. The molecule has 1 aromatic carbocycles. The first kappa shape index (κ1) is 15.1. The summed E-state index contributed by atoms with van der Waals surface area (Å²) in [5.74, 6) is 0. The van der Waals surface area contributed by atoms with Gasteiger partial charge in [0.2, 0.25) is 0 Å². The van der Waals surface area contributed by atoms with Crippen molar-refractivity contribution in [1.82, 2.24) is 0 Å². The van der Waals surface area contributed by atoms with Gasteiger partial charge < -0.3 is 0 Å². The third kappa shape index (κ3) is 2.42. The molecule has 0 amide bonds. The number of benzene rings is 1. The van der Waals surface area contributed by atoms with Crippen molar-refractivity contribution >= 4 is 0 Å². The molecule has 0 aliphatic heterocycles. The lowest BCUT2D eigenvalue weighted by molar-refractivity contribution is 0.336. The van der Waals surface area contributed by atoms with E-state index in [4.69, 9.17) is 0 Å². The van der Waals surface area contributed by atoms with E-state index in [9.17, 15) is 10.5 Å². The Hall–Kier alpha value is -1.80. The molecule has 2 nitrogen and oxygen atoms in total. The van der Waals surface area contributed by atoms with Gasteiger partial charge in [-0.25, -0.2) is 0 Å². The van der Waals surface area contributed by atoms with Gasteiger partial charge in [0.15, 0.2) is 0 Å². The molecule has 22 heavy (non-hydrogen) atoms. The lowest BCUT2D eigenvalue weighted by Gasteiger charge is -2.38. The predicted octanol–water partition coefficient (Wildman–Crippen LogP) is 5.14. The average molecular weight is 292 g/mol. The van der Waals surface area contributed by atoms with Crippen LogP contribution in [0.4, 0.5) is 0 Å². The minimum Gasteiger partial charge on any atom is -0.197 e. The molecular formula is C20H24N2. The van der Waals surface area contributed by atoms with Crippen molar-refractivity contribution in [3.63, 3.8) is 0 Å². The Balaban J connectivity index is 2.10. The lowest BCUT2D eigenvalue weighted by Crippen LogP contribution is -2.34. The smallest absolute Gasteiger partial charge is 0.0825 e. The second-order valence-corrected chi connectivity index (χ2v) is 7.05. The van der Waals surface area contributed by atoms with Crippen LogP contribution in [0.2, 0.25) is 0 Å². The summed E-state index contributed by atoms with van der Waals surface area (Å²) in [7, 11) is 0. The van der Waals surface area contributed by atoms with Crippen molar-refractivity contribution in [2.75, 3.05) is 0 Å². The molecule has 2 fully saturated rings. The van der Waals surface area contributed by atoms with Gasteiger partial charge in [0.1, 0.15) is 0 Å². The number of hydrogen-bond donors (Lipinski definition) is 0. The Morgan fingerprint density at radius 1 is 0.636 bits per heavy atom. The fourth-order valence-electron chi connectivity index (χ4n) is 4.51. The molecule has 0 heterocycles. The number of hydrogen-bond acceptors (Lipinski definition) is 2. The van der Waals surface area contributed by atoms with Gasteiger partial charge in [0.25, 0.3) is 0 Å². The molecule has 0 radical (unpaired) electrons. The summed E-state index contributed by atoms with van der Waals surface area (Å²) in [6.07, 6.45) is 10.8.